The molecule has 100 valence electrons. The fourth-order valence-corrected chi connectivity index (χ4v) is 2.90. The normalized spacial score (nSPS) is 21.8. The number of hydrogen-bond acceptors (Lipinski definition) is 2. The van der Waals surface area contributed by atoms with E-state index in [9.17, 15) is 5.11 Å². The van der Waals surface area contributed by atoms with Gasteiger partial charge in [-0.1, -0.05) is 30.7 Å². The van der Waals surface area contributed by atoms with Gasteiger partial charge in [-0.2, -0.15) is 0 Å². The van der Waals surface area contributed by atoms with Crippen molar-refractivity contribution in [2.24, 2.45) is 11.8 Å². The fourth-order valence-electron chi connectivity index (χ4n) is 2.78. The zero-order valence-electron chi connectivity index (χ0n) is 11.1. The van der Waals surface area contributed by atoms with E-state index in [1.165, 1.54) is 12.8 Å². The summed E-state index contributed by atoms with van der Waals surface area (Å²) in [7, 11) is 2.16. The Morgan fingerprint density at radius 1 is 1.22 bits per heavy atom. The molecule has 2 rings (SSSR count). The molecule has 1 aromatic carbocycles. The summed E-state index contributed by atoms with van der Waals surface area (Å²) in [6.07, 6.45) is 1.99. The summed E-state index contributed by atoms with van der Waals surface area (Å²) in [4.78, 5) is 2.36. The van der Waals surface area contributed by atoms with Crippen LogP contribution < -0.4 is 0 Å². The lowest BCUT2D eigenvalue weighted by Gasteiger charge is -2.34. The van der Waals surface area contributed by atoms with Gasteiger partial charge >= 0.3 is 0 Å². The number of benzene rings is 1. The number of piperidine rings is 1. The number of aliphatic hydroxyl groups is 1. The van der Waals surface area contributed by atoms with Crippen molar-refractivity contribution in [1.82, 2.24) is 4.90 Å². The molecule has 1 aliphatic rings. The number of halogens is 1. The molecule has 0 aliphatic carbocycles. The van der Waals surface area contributed by atoms with Crippen molar-refractivity contribution in [3.05, 3.63) is 34.9 Å². The summed E-state index contributed by atoms with van der Waals surface area (Å²) in [6.45, 7) is 4.44. The van der Waals surface area contributed by atoms with Gasteiger partial charge in [0.15, 0.2) is 0 Å². The molecule has 0 aromatic heterocycles. The van der Waals surface area contributed by atoms with Crippen molar-refractivity contribution in [2.45, 2.75) is 25.9 Å². The summed E-state index contributed by atoms with van der Waals surface area (Å²) >= 11 is 5.87. The van der Waals surface area contributed by atoms with Gasteiger partial charge in [-0.15, -0.1) is 0 Å². The Labute approximate surface area is 115 Å². The second kappa shape index (κ2) is 6.05. The number of aliphatic hydroxyl groups excluding tert-OH is 1. The van der Waals surface area contributed by atoms with E-state index in [0.717, 1.165) is 23.7 Å². The van der Waals surface area contributed by atoms with E-state index in [-0.39, 0.29) is 6.10 Å². The molecule has 1 aliphatic heterocycles. The molecule has 1 aromatic rings. The molecule has 0 radical (unpaired) electrons. The summed E-state index contributed by atoms with van der Waals surface area (Å²) in [5, 5.41) is 11.2. The maximum absolute atomic E-state index is 10.4. The van der Waals surface area contributed by atoms with Gasteiger partial charge in [-0.3, -0.25) is 0 Å². The van der Waals surface area contributed by atoms with Gasteiger partial charge in [-0.25, -0.2) is 0 Å². The number of hydrogen-bond donors (Lipinski definition) is 1. The van der Waals surface area contributed by atoms with E-state index >= 15 is 0 Å². The summed E-state index contributed by atoms with van der Waals surface area (Å²) in [5.74, 6) is 0.923. The molecular weight excluding hydrogens is 246 g/mol. The zero-order chi connectivity index (χ0) is 13.1. The van der Waals surface area contributed by atoms with Crippen LogP contribution in [0.25, 0.3) is 0 Å². The molecule has 18 heavy (non-hydrogen) atoms. The highest BCUT2D eigenvalue weighted by atomic mass is 35.5. The van der Waals surface area contributed by atoms with Crippen molar-refractivity contribution in [1.29, 1.82) is 0 Å². The highest BCUT2D eigenvalue weighted by Gasteiger charge is 2.27. The van der Waals surface area contributed by atoms with Crippen LogP contribution in [0, 0.1) is 11.8 Å². The molecule has 1 N–H and O–H groups in total. The molecule has 1 fully saturated rings. The quantitative estimate of drug-likeness (QED) is 0.908. The van der Waals surface area contributed by atoms with Crippen LogP contribution in [0.15, 0.2) is 24.3 Å². The number of likely N-dealkylation sites (tertiary alicyclic amines) is 1. The second-order valence-corrected chi connectivity index (χ2v) is 5.93. The monoisotopic (exact) mass is 267 g/mol. The molecular formula is C15H22ClNO. The first kappa shape index (κ1) is 13.9. The van der Waals surface area contributed by atoms with Crippen LogP contribution in [0.1, 0.15) is 31.4 Å². The third-order valence-electron chi connectivity index (χ3n) is 4.22. The van der Waals surface area contributed by atoms with Crippen LogP contribution in [0.5, 0.6) is 0 Å². The molecule has 0 spiro atoms. The predicted molar refractivity (Wildman–Crippen MR) is 75.8 cm³/mol. The highest BCUT2D eigenvalue weighted by Crippen LogP contribution is 2.33. The lowest BCUT2D eigenvalue weighted by molar-refractivity contribution is 0.0567. The smallest absolute Gasteiger partial charge is 0.0818 e. The van der Waals surface area contributed by atoms with Gasteiger partial charge in [-0.05, 0) is 62.5 Å². The topological polar surface area (TPSA) is 23.5 Å². The number of nitrogens with zero attached hydrogens (tertiary/aromatic N) is 1. The Morgan fingerprint density at radius 3 is 2.33 bits per heavy atom. The summed E-state index contributed by atoms with van der Waals surface area (Å²) in [5.41, 5.74) is 0.978. The van der Waals surface area contributed by atoms with Gasteiger partial charge in [0.1, 0.15) is 0 Å². The first-order valence-electron chi connectivity index (χ1n) is 6.70. The van der Waals surface area contributed by atoms with E-state index in [2.05, 4.69) is 18.9 Å². The molecule has 0 amide bonds. The molecule has 0 saturated carbocycles. The summed E-state index contributed by atoms with van der Waals surface area (Å²) in [6, 6.07) is 7.56. The van der Waals surface area contributed by atoms with Gasteiger partial charge in [0.2, 0.25) is 0 Å². The first-order valence-corrected chi connectivity index (χ1v) is 7.08. The molecule has 2 atom stereocenters. The third kappa shape index (κ3) is 3.25. The van der Waals surface area contributed by atoms with Crippen LogP contribution in [-0.2, 0) is 0 Å². The molecule has 1 saturated heterocycles. The van der Waals surface area contributed by atoms with E-state index in [1.54, 1.807) is 0 Å². The van der Waals surface area contributed by atoms with E-state index in [4.69, 9.17) is 11.6 Å². The Morgan fingerprint density at radius 2 is 1.78 bits per heavy atom. The van der Waals surface area contributed by atoms with E-state index in [0.29, 0.717) is 11.8 Å². The van der Waals surface area contributed by atoms with Crippen molar-refractivity contribution in [3.8, 4) is 0 Å². The van der Waals surface area contributed by atoms with Crippen molar-refractivity contribution in [2.75, 3.05) is 20.1 Å². The molecule has 0 unspecified atom stereocenters. The van der Waals surface area contributed by atoms with E-state index in [1.807, 2.05) is 24.3 Å². The Hall–Kier alpha value is -0.570. The van der Waals surface area contributed by atoms with Crippen LogP contribution in [0.2, 0.25) is 5.02 Å². The maximum atomic E-state index is 10.4. The van der Waals surface area contributed by atoms with Gasteiger partial charge in [0.05, 0.1) is 6.10 Å². The molecule has 0 bridgehead atoms. The first-order chi connectivity index (χ1) is 8.58. The van der Waals surface area contributed by atoms with Crippen LogP contribution in [0.3, 0.4) is 0 Å². The second-order valence-electron chi connectivity index (χ2n) is 5.50. The molecule has 1 heterocycles. The average molecular weight is 268 g/mol. The molecule has 2 nitrogen and oxygen atoms in total. The van der Waals surface area contributed by atoms with Gasteiger partial charge in [0, 0.05) is 5.02 Å². The van der Waals surface area contributed by atoms with Crippen LogP contribution in [-0.4, -0.2) is 30.1 Å². The van der Waals surface area contributed by atoms with Gasteiger partial charge < -0.3 is 10.0 Å². The lowest BCUT2D eigenvalue weighted by Crippen LogP contribution is -2.34. The maximum Gasteiger partial charge on any atom is 0.0818 e. The molecule has 3 heteroatoms. The minimum atomic E-state index is -0.379. The Kier molecular flexibility index (Phi) is 4.66. The lowest BCUT2D eigenvalue weighted by atomic mass is 9.80. The SMILES string of the molecule is C[C@H](C1CCN(C)CC1)[C@H](O)c1ccc(Cl)cc1. The van der Waals surface area contributed by atoms with Crippen molar-refractivity contribution < 1.29 is 5.11 Å². The Bertz CT molecular complexity index is 371. The highest BCUT2D eigenvalue weighted by molar-refractivity contribution is 6.30. The van der Waals surface area contributed by atoms with Crippen molar-refractivity contribution in [3.63, 3.8) is 0 Å². The van der Waals surface area contributed by atoms with E-state index < -0.39 is 0 Å². The zero-order valence-corrected chi connectivity index (χ0v) is 11.9. The number of rotatable bonds is 3. The fraction of sp³-hybridized carbons (Fsp3) is 0.600. The minimum absolute atomic E-state index is 0.305. The van der Waals surface area contributed by atoms with Crippen LogP contribution >= 0.6 is 11.6 Å². The Balaban J connectivity index is 1.99. The largest absolute Gasteiger partial charge is 0.388 e. The third-order valence-corrected chi connectivity index (χ3v) is 4.47. The summed E-state index contributed by atoms with van der Waals surface area (Å²) < 4.78 is 0. The average Bonchev–Trinajstić information content (AvgIpc) is 2.39. The predicted octanol–water partition coefficient (Wildman–Crippen LogP) is 3.35. The standard InChI is InChI=1S/C15H22ClNO/c1-11(12-7-9-17(2)10-8-12)15(18)13-3-5-14(16)6-4-13/h3-6,11-12,15,18H,7-10H2,1-2H3/t11-,15+/m1/s1. The van der Waals surface area contributed by atoms with Gasteiger partial charge in [0.25, 0.3) is 0 Å². The van der Waals surface area contributed by atoms with Crippen molar-refractivity contribution >= 4 is 11.6 Å². The minimum Gasteiger partial charge on any atom is -0.388 e. The van der Waals surface area contributed by atoms with Crippen LogP contribution in [0.4, 0.5) is 0 Å².